The van der Waals surface area contributed by atoms with Crippen molar-refractivity contribution in [3.05, 3.63) is 65.7 Å². The lowest BCUT2D eigenvalue weighted by molar-refractivity contribution is 0.0605. The lowest BCUT2D eigenvalue weighted by Gasteiger charge is -2.35. The van der Waals surface area contributed by atoms with Crippen molar-refractivity contribution in [2.75, 3.05) is 6.54 Å². The van der Waals surface area contributed by atoms with Gasteiger partial charge in [-0.1, -0.05) is 12.1 Å². The fraction of sp³-hybridized carbons (Fsp3) is 0.300. The third-order valence-corrected chi connectivity index (χ3v) is 5.03. The van der Waals surface area contributed by atoms with E-state index in [0.29, 0.717) is 12.2 Å². The summed E-state index contributed by atoms with van der Waals surface area (Å²) in [6.07, 6.45) is 4.86. The van der Waals surface area contributed by atoms with Crippen LogP contribution in [0.15, 0.2) is 48.7 Å². The van der Waals surface area contributed by atoms with Gasteiger partial charge in [0.1, 0.15) is 17.2 Å². The molecule has 1 aliphatic rings. The number of aromatic nitrogens is 3. The number of H-pyrrole nitrogens is 1. The molecule has 134 valence electrons. The number of aryl methyl sites for hydroxylation is 1. The standard InChI is InChI=1S/C20H21FN4O/c1-24-11-4-6-19(24)16-13-17(23-22-16)20(26)25-12-3-2-5-18(25)14-7-9-15(21)10-8-14/h4,6-11,13,18H,2-3,5,12H2,1H3,(H,22,23). The second kappa shape index (κ2) is 6.78. The van der Waals surface area contributed by atoms with Crippen LogP contribution in [-0.4, -0.2) is 32.1 Å². The summed E-state index contributed by atoms with van der Waals surface area (Å²) in [5, 5.41) is 7.19. The second-order valence-corrected chi connectivity index (χ2v) is 6.73. The summed E-state index contributed by atoms with van der Waals surface area (Å²) in [5.74, 6) is -0.324. The summed E-state index contributed by atoms with van der Waals surface area (Å²) in [6.45, 7) is 0.694. The predicted molar refractivity (Wildman–Crippen MR) is 97.0 cm³/mol. The van der Waals surface area contributed by atoms with Crippen molar-refractivity contribution in [2.24, 2.45) is 7.05 Å². The van der Waals surface area contributed by atoms with E-state index in [9.17, 15) is 9.18 Å². The largest absolute Gasteiger partial charge is 0.349 e. The van der Waals surface area contributed by atoms with Crippen LogP contribution in [-0.2, 0) is 7.05 Å². The highest BCUT2D eigenvalue weighted by atomic mass is 19.1. The number of hydrogen-bond acceptors (Lipinski definition) is 2. The summed E-state index contributed by atoms with van der Waals surface area (Å²) < 4.78 is 15.2. The third-order valence-electron chi connectivity index (χ3n) is 5.03. The zero-order chi connectivity index (χ0) is 18.1. The lowest BCUT2D eigenvalue weighted by atomic mass is 9.95. The average Bonchev–Trinajstić information content (AvgIpc) is 3.30. The molecule has 1 N–H and O–H groups in total. The predicted octanol–water partition coefficient (Wildman–Crippen LogP) is 3.92. The number of carbonyl (C=O) groups is 1. The molecule has 1 aromatic carbocycles. The van der Waals surface area contributed by atoms with Crippen molar-refractivity contribution in [3.63, 3.8) is 0 Å². The van der Waals surface area contributed by atoms with Crippen LogP contribution in [0, 0.1) is 5.82 Å². The van der Waals surface area contributed by atoms with Crippen LogP contribution in [0.25, 0.3) is 11.4 Å². The van der Waals surface area contributed by atoms with Gasteiger partial charge in [-0.15, -0.1) is 0 Å². The molecule has 1 saturated heterocycles. The summed E-state index contributed by atoms with van der Waals surface area (Å²) in [5.41, 5.74) is 3.15. The van der Waals surface area contributed by atoms with Gasteiger partial charge in [-0.05, 0) is 55.2 Å². The number of rotatable bonds is 3. The normalized spacial score (nSPS) is 17.5. The highest BCUT2D eigenvalue weighted by Gasteiger charge is 2.29. The maximum absolute atomic E-state index is 13.2. The molecule has 4 rings (SSSR count). The number of halogens is 1. The molecule has 0 bridgehead atoms. The van der Waals surface area contributed by atoms with Crippen LogP contribution in [0.5, 0.6) is 0 Å². The maximum Gasteiger partial charge on any atom is 0.272 e. The molecule has 0 saturated carbocycles. The topological polar surface area (TPSA) is 53.9 Å². The minimum absolute atomic E-state index is 0.0290. The van der Waals surface area contributed by atoms with Gasteiger partial charge in [0.05, 0.1) is 11.7 Å². The first-order valence-electron chi connectivity index (χ1n) is 8.87. The van der Waals surface area contributed by atoms with Gasteiger partial charge >= 0.3 is 0 Å². The van der Waals surface area contributed by atoms with Crippen molar-refractivity contribution in [1.82, 2.24) is 19.7 Å². The quantitative estimate of drug-likeness (QED) is 0.777. The minimum atomic E-state index is -0.261. The van der Waals surface area contributed by atoms with E-state index in [1.807, 2.05) is 34.8 Å². The Morgan fingerprint density at radius 1 is 1.23 bits per heavy atom. The molecular formula is C20H21FN4O. The van der Waals surface area contributed by atoms with Gasteiger partial charge in [0.25, 0.3) is 5.91 Å². The number of hydrogen-bond donors (Lipinski definition) is 1. The minimum Gasteiger partial charge on any atom is -0.349 e. The molecule has 3 aromatic rings. The SMILES string of the molecule is Cn1cccc1-c1cc(C(=O)N2CCCCC2c2ccc(F)cc2)[nH]n1. The Bertz CT molecular complexity index is 912. The van der Waals surface area contributed by atoms with Crippen LogP contribution in [0.4, 0.5) is 4.39 Å². The molecule has 0 spiro atoms. The fourth-order valence-electron chi connectivity index (χ4n) is 3.65. The van der Waals surface area contributed by atoms with Gasteiger partial charge in [-0.2, -0.15) is 5.10 Å². The van der Waals surface area contributed by atoms with Gasteiger partial charge in [0.15, 0.2) is 0 Å². The smallest absolute Gasteiger partial charge is 0.272 e. The van der Waals surface area contributed by atoms with Crippen LogP contribution >= 0.6 is 0 Å². The van der Waals surface area contributed by atoms with E-state index in [4.69, 9.17) is 0 Å². The Labute approximate surface area is 151 Å². The van der Waals surface area contributed by atoms with Gasteiger partial charge in [-0.3, -0.25) is 9.89 Å². The summed E-state index contributed by atoms with van der Waals surface area (Å²) >= 11 is 0. The summed E-state index contributed by atoms with van der Waals surface area (Å²) in [7, 11) is 1.95. The van der Waals surface area contributed by atoms with E-state index < -0.39 is 0 Å². The van der Waals surface area contributed by atoms with E-state index in [1.165, 1.54) is 12.1 Å². The molecule has 1 aliphatic heterocycles. The van der Waals surface area contributed by atoms with Gasteiger partial charge in [0.2, 0.25) is 0 Å². The Kier molecular flexibility index (Phi) is 4.32. The molecule has 3 heterocycles. The van der Waals surface area contributed by atoms with Gasteiger partial charge in [0, 0.05) is 19.8 Å². The Balaban J connectivity index is 1.60. The van der Waals surface area contributed by atoms with Crippen LogP contribution in [0.3, 0.4) is 0 Å². The van der Waals surface area contributed by atoms with Crippen LogP contribution in [0.2, 0.25) is 0 Å². The molecule has 1 atom stereocenters. The number of carbonyl (C=O) groups excluding carboxylic acids is 1. The molecule has 6 heteroatoms. The first-order chi connectivity index (χ1) is 12.6. The van der Waals surface area contributed by atoms with Crippen molar-refractivity contribution >= 4 is 5.91 Å². The number of likely N-dealkylation sites (tertiary alicyclic amines) is 1. The number of nitrogens with zero attached hydrogens (tertiary/aromatic N) is 3. The van der Waals surface area contributed by atoms with E-state index >= 15 is 0 Å². The molecule has 1 unspecified atom stereocenters. The molecule has 2 aromatic heterocycles. The van der Waals surface area contributed by atoms with E-state index in [-0.39, 0.29) is 17.8 Å². The molecule has 5 nitrogen and oxygen atoms in total. The number of aromatic amines is 1. The van der Waals surface area contributed by atoms with Crippen molar-refractivity contribution in [2.45, 2.75) is 25.3 Å². The van der Waals surface area contributed by atoms with Crippen molar-refractivity contribution < 1.29 is 9.18 Å². The van der Waals surface area contributed by atoms with Crippen molar-refractivity contribution in [1.29, 1.82) is 0 Å². The molecule has 0 radical (unpaired) electrons. The van der Waals surface area contributed by atoms with Gasteiger partial charge < -0.3 is 9.47 Å². The zero-order valence-corrected chi connectivity index (χ0v) is 14.7. The summed E-state index contributed by atoms with van der Waals surface area (Å²) in [4.78, 5) is 15.0. The number of nitrogens with one attached hydrogen (secondary N) is 1. The summed E-state index contributed by atoms with van der Waals surface area (Å²) in [6, 6.07) is 12.1. The van der Waals surface area contributed by atoms with E-state index in [0.717, 1.165) is 36.2 Å². The molecule has 0 aliphatic carbocycles. The highest BCUT2D eigenvalue weighted by Crippen LogP contribution is 2.32. The number of piperidine rings is 1. The number of benzene rings is 1. The second-order valence-electron chi connectivity index (χ2n) is 6.73. The van der Waals surface area contributed by atoms with Crippen molar-refractivity contribution in [3.8, 4) is 11.4 Å². The lowest BCUT2D eigenvalue weighted by Crippen LogP contribution is -2.38. The average molecular weight is 352 g/mol. The maximum atomic E-state index is 13.2. The van der Waals surface area contributed by atoms with Crippen LogP contribution in [0.1, 0.15) is 41.4 Å². The van der Waals surface area contributed by atoms with Crippen LogP contribution < -0.4 is 0 Å². The van der Waals surface area contributed by atoms with E-state index in [1.54, 1.807) is 18.2 Å². The Morgan fingerprint density at radius 3 is 2.77 bits per heavy atom. The first-order valence-corrected chi connectivity index (χ1v) is 8.87. The highest BCUT2D eigenvalue weighted by molar-refractivity contribution is 5.93. The Hall–Kier alpha value is -2.89. The monoisotopic (exact) mass is 352 g/mol. The van der Waals surface area contributed by atoms with E-state index in [2.05, 4.69) is 10.2 Å². The zero-order valence-electron chi connectivity index (χ0n) is 14.7. The molecule has 1 amide bonds. The van der Waals surface area contributed by atoms with Gasteiger partial charge in [-0.25, -0.2) is 4.39 Å². The first kappa shape index (κ1) is 16.6. The molecule has 26 heavy (non-hydrogen) atoms. The Morgan fingerprint density at radius 2 is 2.04 bits per heavy atom. The molecule has 1 fully saturated rings. The fourth-order valence-corrected chi connectivity index (χ4v) is 3.65. The third kappa shape index (κ3) is 3.03. The number of amides is 1. The molecular weight excluding hydrogens is 331 g/mol.